The molecule has 3 rings (SSSR count). The normalized spacial score (nSPS) is 11.5. The van der Waals surface area contributed by atoms with Gasteiger partial charge in [-0.25, -0.2) is 0 Å². The maximum Gasteiger partial charge on any atom is 0.267 e. The van der Waals surface area contributed by atoms with Gasteiger partial charge in [-0.05, 0) is 36.8 Å². The van der Waals surface area contributed by atoms with Crippen molar-refractivity contribution in [3.05, 3.63) is 70.0 Å². The first-order valence-electron chi connectivity index (χ1n) is 7.13. The van der Waals surface area contributed by atoms with Gasteiger partial charge in [0.1, 0.15) is 0 Å². The van der Waals surface area contributed by atoms with Crippen LogP contribution in [0.25, 0.3) is 11.4 Å². The number of hydrogen-bond donors (Lipinski definition) is 0. The van der Waals surface area contributed by atoms with E-state index in [0.717, 1.165) is 16.8 Å². The predicted octanol–water partition coefficient (Wildman–Crippen LogP) is 4.98. The third-order valence-electron chi connectivity index (χ3n) is 3.20. The second kappa shape index (κ2) is 7.47. The summed E-state index contributed by atoms with van der Waals surface area (Å²) in [6.45, 7) is 1.92. The molecule has 1 aromatic heterocycles. The van der Waals surface area contributed by atoms with Gasteiger partial charge in [-0.3, -0.25) is 0 Å². The number of rotatable bonds is 5. The summed E-state index contributed by atoms with van der Waals surface area (Å²) < 4.78 is 5.15. The van der Waals surface area contributed by atoms with Gasteiger partial charge in [0.05, 0.1) is 5.71 Å². The minimum Gasteiger partial charge on any atom is -0.385 e. The second-order valence-electron chi connectivity index (χ2n) is 4.98. The maximum absolute atomic E-state index is 5.95. The van der Waals surface area contributed by atoms with Crippen molar-refractivity contribution in [2.24, 2.45) is 5.16 Å². The Bertz CT molecular complexity index is 860. The smallest absolute Gasteiger partial charge is 0.267 e. The second-order valence-corrected chi connectivity index (χ2v) is 5.85. The van der Waals surface area contributed by atoms with E-state index in [1.54, 1.807) is 24.3 Å². The van der Waals surface area contributed by atoms with Gasteiger partial charge in [-0.1, -0.05) is 57.8 Å². The summed E-state index contributed by atoms with van der Waals surface area (Å²) in [5, 5.41) is 9.23. The Morgan fingerprint density at radius 3 is 2.67 bits per heavy atom. The molecule has 2 aromatic carbocycles. The fourth-order valence-corrected chi connectivity index (χ4v) is 2.30. The lowest BCUT2D eigenvalue weighted by molar-refractivity contribution is 0.105. The van der Waals surface area contributed by atoms with E-state index in [1.165, 1.54) is 0 Å². The van der Waals surface area contributed by atoms with Crippen molar-refractivity contribution in [1.82, 2.24) is 10.1 Å². The average molecular weight is 362 g/mol. The molecule has 0 saturated heterocycles. The van der Waals surface area contributed by atoms with Crippen LogP contribution in [0.2, 0.25) is 10.0 Å². The molecule has 0 aliphatic carbocycles. The molecule has 5 nitrogen and oxygen atoms in total. The van der Waals surface area contributed by atoms with Crippen LogP contribution in [0.4, 0.5) is 0 Å². The summed E-state index contributed by atoms with van der Waals surface area (Å²) in [5.74, 6) is 0.784. The van der Waals surface area contributed by atoms with Gasteiger partial charge in [0.25, 0.3) is 5.89 Å². The number of aromatic nitrogens is 2. The summed E-state index contributed by atoms with van der Waals surface area (Å²) in [7, 11) is 0. The maximum atomic E-state index is 5.95. The molecule has 122 valence electrons. The molecule has 1 heterocycles. The molecular formula is C17H13Cl2N3O2. The first-order valence-corrected chi connectivity index (χ1v) is 7.88. The quantitative estimate of drug-likeness (QED) is 0.474. The molecule has 0 bridgehead atoms. The van der Waals surface area contributed by atoms with Crippen LogP contribution in [0.15, 0.2) is 58.2 Å². The first-order chi connectivity index (χ1) is 11.6. The lowest BCUT2D eigenvalue weighted by Crippen LogP contribution is -1.96. The van der Waals surface area contributed by atoms with Crippen LogP contribution in [0.5, 0.6) is 0 Å². The molecule has 0 aliphatic heterocycles. The molecule has 0 unspecified atom stereocenters. The van der Waals surface area contributed by atoms with E-state index in [0.29, 0.717) is 21.8 Å². The van der Waals surface area contributed by atoms with Crippen molar-refractivity contribution >= 4 is 28.9 Å². The Balaban J connectivity index is 1.63. The van der Waals surface area contributed by atoms with Crippen LogP contribution < -0.4 is 0 Å². The molecular weight excluding hydrogens is 349 g/mol. The van der Waals surface area contributed by atoms with Crippen molar-refractivity contribution in [2.45, 2.75) is 13.5 Å². The summed E-state index contributed by atoms with van der Waals surface area (Å²) in [4.78, 5) is 9.53. The molecule has 7 heteroatoms. The van der Waals surface area contributed by atoms with Gasteiger partial charge in [0.15, 0.2) is 6.61 Å². The van der Waals surface area contributed by atoms with E-state index in [4.69, 9.17) is 32.6 Å². The molecule has 24 heavy (non-hydrogen) atoms. The molecule has 0 spiro atoms. The molecule has 0 fully saturated rings. The van der Waals surface area contributed by atoms with Crippen LogP contribution in [0.1, 0.15) is 18.4 Å². The zero-order valence-corrected chi connectivity index (χ0v) is 14.3. The average Bonchev–Trinajstić information content (AvgIpc) is 3.04. The van der Waals surface area contributed by atoms with Crippen LogP contribution in [-0.2, 0) is 11.4 Å². The highest BCUT2D eigenvalue weighted by molar-refractivity contribution is 6.31. The Morgan fingerprint density at radius 1 is 1.12 bits per heavy atom. The van der Waals surface area contributed by atoms with Gasteiger partial charge in [0.2, 0.25) is 5.82 Å². The molecule has 0 aliphatic rings. The Labute approximate surface area is 148 Å². The summed E-state index contributed by atoms with van der Waals surface area (Å²) in [5.41, 5.74) is 2.42. The lowest BCUT2D eigenvalue weighted by Gasteiger charge is -2.00. The largest absolute Gasteiger partial charge is 0.385 e. The van der Waals surface area contributed by atoms with Crippen LogP contribution >= 0.6 is 23.2 Å². The van der Waals surface area contributed by atoms with Crippen molar-refractivity contribution in [2.75, 3.05) is 0 Å². The van der Waals surface area contributed by atoms with E-state index in [9.17, 15) is 0 Å². The molecule has 0 radical (unpaired) electrons. The number of benzene rings is 2. The molecule has 0 N–H and O–H groups in total. The fourth-order valence-electron chi connectivity index (χ4n) is 1.99. The summed E-state index contributed by atoms with van der Waals surface area (Å²) in [6.07, 6.45) is 0. The van der Waals surface area contributed by atoms with Crippen LogP contribution in [0.3, 0.4) is 0 Å². The van der Waals surface area contributed by atoms with E-state index in [-0.39, 0.29) is 6.61 Å². The number of hydrogen-bond acceptors (Lipinski definition) is 5. The van der Waals surface area contributed by atoms with Crippen molar-refractivity contribution < 1.29 is 9.36 Å². The Kier molecular flexibility index (Phi) is 5.13. The van der Waals surface area contributed by atoms with E-state index >= 15 is 0 Å². The van der Waals surface area contributed by atoms with E-state index in [1.807, 2.05) is 31.2 Å². The van der Waals surface area contributed by atoms with Crippen molar-refractivity contribution in [1.29, 1.82) is 0 Å². The lowest BCUT2D eigenvalue weighted by atomic mass is 10.1. The highest BCUT2D eigenvalue weighted by Crippen LogP contribution is 2.20. The van der Waals surface area contributed by atoms with Gasteiger partial charge in [0, 0.05) is 15.6 Å². The van der Waals surface area contributed by atoms with Crippen LogP contribution in [-0.4, -0.2) is 15.9 Å². The third kappa shape index (κ3) is 4.13. The first kappa shape index (κ1) is 16.5. The molecule has 3 aromatic rings. The van der Waals surface area contributed by atoms with E-state index < -0.39 is 0 Å². The molecule has 0 atom stereocenters. The number of oxime groups is 1. The van der Waals surface area contributed by atoms with Gasteiger partial charge in [-0.2, -0.15) is 4.98 Å². The van der Waals surface area contributed by atoms with Gasteiger partial charge in [-0.15, -0.1) is 0 Å². The van der Waals surface area contributed by atoms with Crippen molar-refractivity contribution in [3.63, 3.8) is 0 Å². The Hall–Kier alpha value is -2.37. The highest BCUT2D eigenvalue weighted by Gasteiger charge is 2.09. The minimum atomic E-state index is 0.0818. The minimum absolute atomic E-state index is 0.0818. The van der Waals surface area contributed by atoms with E-state index in [2.05, 4.69) is 15.3 Å². The zero-order valence-electron chi connectivity index (χ0n) is 12.7. The number of halogens is 2. The fraction of sp³-hybridized carbons (Fsp3) is 0.118. The highest BCUT2D eigenvalue weighted by atomic mass is 35.5. The monoisotopic (exact) mass is 361 g/mol. The Morgan fingerprint density at radius 2 is 1.92 bits per heavy atom. The standard InChI is InChI=1S/C17H13Cl2N3O2/c1-11(12-5-7-14(18)8-6-12)21-23-10-16-20-17(22-24-16)13-3-2-4-15(19)9-13/h2-9H,10H2,1H3. The summed E-state index contributed by atoms with van der Waals surface area (Å²) in [6, 6.07) is 14.6. The van der Waals surface area contributed by atoms with Crippen LogP contribution in [0, 0.1) is 0 Å². The zero-order chi connectivity index (χ0) is 16.9. The third-order valence-corrected chi connectivity index (χ3v) is 3.69. The van der Waals surface area contributed by atoms with Crippen molar-refractivity contribution in [3.8, 4) is 11.4 Å². The van der Waals surface area contributed by atoms with Gasteiger partial charge < -0.3 is 9.36 Å². The summed E-state index contributed by atoms with van der Waals surface area (Å²) >= 11 is 11.8. The van der Waals surface area contributed by atoms with Gasteiger partial charge >= 0.3 is 0 Å². The predicted molar refractivity (Wildman–Crippen MR) is 93.2 cm³/mol. The number of nitrogens with zero attached hydrogens (tertiary/aromatic N) is 3. The molecule has 0 saturated carbocycles. The topological polar surface area (TPSA) is 60.5 Å². The SMILES string of the molecule is CC(=NOCc1nc(-c2cccc(Cl)c2)no1)c1ccc(Cl)cc1. The molecule has 0 amide bonds.